The van der Waals surface area contributed by atoms with E-state index in [0.29, 0.717) is 11.2 Å². The predicted octanol–water partition coefficient (Wildman–Crippen LogP) is 3.19. The van der Waals surface area contributed by atoms with E-state index in [1.807, 2.05) is 0 Å². The Morgan fingerprint density at radius 2 is 2.18 bits per heavy atom. The summed E-state index contributed by atoms with van der Waals surface area (Å²) in [5.41, 5.74) is 2.18. The van der Waals surface area contributed by atoms with Crippen LogP contribution in [0.4, 0.5) is 4.39 Å². The molecule has 0 bridgehead atoms. The molecular formula is C12H7ClFN3. The van der Waals surface area contributed by atoms with Crippen molar-refractivity contribution in [3.05, 3.63) is 53.7 Å². The van der Waals surface area contributed by atoms with E-state index in [2.05, 4.69) is 10.1 Å². The van der Waals surface area contributed by atoms with Crippen molar-refractivity contribution < 1.29 is 4.39 Å². The van der Waals surface area contributed by atoms with Crippen LogP contribution in [0.25, 0.3) is 16.8 Å². The van der Waals surface area contributed by atoms with Gasteiger partial charge in [0.15, 0.2) is 5.65 Å². The molecule has 3 rings (SSSR count). The third kappa shape index (κ3) is 1.66. The zero-order chi connectivity index (χ0) is 11.8. The molecule has 0 amide bonds. The molecule has 0 radical (unpaired) electrons. The van der Waals surface area contributed by atoms with Crippen molar-refractivity contribution in [3.63, 3.8) is 0 Å². The molecule has 5 heteroatoms. The zero-order valence-corrected chi connectivity index (χ0v) is 9.39. The first-order valence-electron chi connectivity index (χ1n) is 4.99. The van der Waals surface area contributed by atoms with E-state index in [1.165, 1.54) is 12.1 Å². The van der Waals surface area contributed by atoms with Crippen molar-refractivity contribution >= 4 is 17.2 Å². The van der Waals surface area contributed by atoms with Crippen molar-refractivity contribution in [1.29, 1.82) is 0 Å². The molecule has 3 nitrogen and oxygen atoms in total. The van der Waals surface area contributed by atoms with Gasteiger partial charge in [0.05, 0.1) is 11.2 Å². The summed E-state index contributed by atoms with van der Waals surface area (Å²) in [6.45, 7) is 0. The fraction of sp³-hybridized carbons (Fsp3) is 0. The lowest BCUT2D eigenvalue weighted by Gasteiger charge is -2.00. The number of rotatable bonds is 1. The molecule has 0 saturated carbocycles. The van der Waals surface area contributed by atoms with Crippen LogP contribution in [-0.2, 0) is 0 Å². The van der Waals surface area contributed by atoms with E-state index in [-0.39, 0.29) is 5.02 Å². The minimum atomic E-state index is -0.445. The topological polar surface area (TPSA) is 30.2 Å². The highest BCUT2D eigenvalue weighted by molar-refractivity contribution is 6.30. The molecule has 0 unspecified atom stereocenters. The molecule has 0 aliphatic heterocycles. The normalized spacial score (nSPS) is 10.9. The Hall–Kier alpha value is -1.94. The molecule has 0 aliphatic rings. The van der Waals surface area contributed by atoms with Crippen LogP contribution in [0.1, 0.15) is 0 Å². The van der Waals surface area contributed by atoms with Crippen LogP contribution in [0.2, 0.25) is 5.02 Å². The maximum absolute atomic E-state index is 13.4. The van der Waals surface area contributed by atoms with Gasteiger partial charge >= 0.3 is 0 Å². The minimum absolute atomic E-state index is 0.109. The highest BCUT2D eigenvalue weighted by Gasteiger charge is 2.09. The van der Waals surface area contributed by atoms with Crippen LogP contribution in [0.3, 0.4) is 0 Å². The lowest BCUT2D eigenvalue weighted by molar-refractivity contribution is 0.629. The molecule has 2 aromatic heterocycles. The summed E-state index contributed by atoms with van der Waals surface area (Å²) in [6, 6.07) is 6.44. The van der Waals surface area contributed by atoms with Crippen LogP contribution in [-0.4, -0.2) is 14.6 Å². The van der Waals surface area contributed by atoms with Gasteiger partial charge < -0.3 is 0 Å². The molecule has 0 fully saturated rings. The number of hydrogen-bond acceptors (Lipinski definition) is 2. The van der Waals surface area contributed by atoms with Gasteiger partial charge in [-0.3, -0.25) is 0 Å². The van der Waals surface area contributed by atoms with E-state index in [1.54, 1.807) is 35.2 Å². The molecule has 3 aromatic rings. The maximum atomic E-state index is 13.4. The Bertz CT molecular complexity index is 693. The molecule has 0 atom stereocenters. The van der Waals surface area contributed by atoms with Crippen molar-refractivity contribution in [3.8, 4) is 11.1 Å². The van der Waals surface area contributed by atoms with Gasteiger partial charge in [0.25, 0.3) is 0 Å². The Labute approximate surface area is 101 Å². The fourth-order valence-corrected chi connectivity index (χ4v) is 1.81. The lowest BCUT2D eigenvalue weighted by atomic mass is 10.1. The van der Waals surface area contributed by atoms with Gasteiger partial charge in [0, 0.05) is 18.0 Å². The molecule has 1 aromatic carbocycles. The van der Waals surface area contributed by atoms with Crippen LogP contribution in [0, 0.1) is 5.82 Å². The van der Waals surface area contributed by atoms with Crippen LogP contribution in [0.5, 0.6) is 0 Å². The molecule has 17 heavy (non-hydrogen) atoms. The second-order valence-corrected chi connectivity index (χ2v) is 3.98. The number of halogens is 2. The van der Waals surface area contributed by atoms with Gasteiger partial charge in [-0.25, -0.2) is 13.9 Å². The van der Waals surface area contributed by atoms with Gasteiger partial charge in [0.1, 0.15) is 5.82 Å². The third-order valence-corrected chi connectivity index (χ3v) is 2.82. The second kappa shape index (κ2) is 3.82. The van der Waals surface area contributed by atoms with E-state index in [0.717, 1.165) is 5.56 Å². The van der Waals surface area contributed by atoms with E-state index < -0.39 is 5.82 Å². The molecule has 2 heterocycles. The van der Waals surface area contributed by atoms with Crippen molar-refractivity contribution in [2.75, 3.05) is 0 Å². The Morgan fingerprint density at radius 1 is 1.29 bits per heavy atom. The Morgan fingerprint density at radius 3 is 3.00 bits per heavy atom. The van der Waals surface area contributed by atoms with Crippen molar-refractivity contribution in [2.24, 2.45) is 0 Å². The number of aromatic nitrogens is 3. The summed E-state index contributed by atoms with van der Waals surface area (Å²) in [6.07, 6.45) is 5.12. The monoisotopic (exact) mass is 247 g/mol. The number of benzene rings is 1. The van der Waals surface area contributed by atoms with Gasteiger partial charge in [0.2, 0.25) is 0 Å². The first kappa shape index (κ1) is 10.2. The molecule has 84 valence electrons. The first-order chi connectivity index (χ1) is 8.25. The van der Waals surface area contributed by atoms with E-state index in [4.69, 9.17) is 11.6 Å². The Balaban J connectivity index is 2.24. The average molecular weight is 248 g/mol. The number of fused-ring (bicyclic) bond motifs is 1. The SMILES string of the molecule is Fc1cc(-c2cnn3cccnc23)ccc1Cl. The van der Waals surface area contributed by atoms with Crippen LogP contribution < -0.4 is 0 Å². The molecule has 0 saturated heterocycles. The summed E-state index contributed by atoms with van der Waals surface area (Å²) < 4.78 is 15.0. The molecular weight excluding hydrogens is 241 g/mol. The summed E-state index contributed by atoms with van der Waals surface area (Å²) in [5.74, 6) is -0.445. The lowest BCUT2D eigenvalue weighted by Crippen LogP contribution is -1.88. The number of hydrogen-bond donors (Lipinski definition) is 0. The number of nitrogens with zero attached hydrogens (tertiary/aromatic N) is 3. The largest absolute Gasteiger partial charge is 0.236 e. The van der Waals surface area contributed by atoms with Crippen molar-refractivity contribution in [1.82, 2.24) is 14.6 Å². The quantitative estimate of drug-likeness (QED) is 0.661. The van der Waals surface area contributed by atoms with Gasteiger partial charge in [-0.2, -0.15) is 5.10 Å². The van der Waals surface area contributed by atoms with Crippen LogP contribution >= 0.6 is 11.6 Å². The standard InChI is InChI=1S/C12H7ClFN3/c13-10-3-2-8(6-11(10)14)9-7-16-17-5-1-4-15-12(9)17/h1-7H. The predicted molar refractivity (Wildman–Crippen MR) is 63.4 cm³/mol. The van der Waals surface area contributed by atoms with Gasteiger partial charge in [-0.1, -0.05) is 17.7 Å². The molecule has 0 spiro atoms. The fourth-order valence-electron chi connectivity index (χ4n) is 1.69. The Kier molecular flexibility index (Phi) is 2.30. The maximum Gasteiger partial charge on any atom is 0.162 e. The molecule has 0 N–H and O–H groups in total. The van der Waals surface area contributed by atoms with Crippen LogP contribution in [0.15, 0.2) is 42.9 Å². The summed E-state index contributed by atoms with van der Waals surface area (Å²) >= 11 is 5.65. The summed E-state index contributed by atoms with van der Waals surface area (Å²) in [5, 5.41) is 4.26. The van der Waals surface area contributed by atoms with Gasteiger partial charge in [-0.15, -0.1) is 0 Å². The smallest absolute Gasteiger partial charge is 0.162 e. The van der Waals surface area contributed by atoms with Crippen molar-refractivity contribution in [2.45, 2.75) is 0 Å². The average Bonchev–Trinajstić information content (AvgIpc) is 2.76. The first-order valence-corrected chi connectivity index (χ1v) is 5.37. The van der Waals surface area contributed by atoms with E-state index >= 15 is 0 Å². The zero-order valence-electron chi connectivity index (χ0n) is 8.64. The minimum Gasteiger partial charge on any atom is -0.236 e. The summed E-state index contributed by atoms with van der Waals surface area (Å²) in [4.78, 5) is 4.21. The summed E-state index contributed by atoms with van der Waals surface area (Å²) in [7, 11) is 0. The van der Waals surface area contributed by atoms with E-state index in [9.17, 15) is 4.39 Å². The third-order valence-electron chi connectivity index (χ3n) is 2.51. The second-order valence-electron chi connectivity index (χ2n) is 3.58. The highest BCUT2D eigenvalue weighted by Crippen LogP contribution is 2.26. The van der Waals surface area contributed by atoms with Gasteiger partial charge in [-0.05, 0) is 23.8 Å². The highest BCUT2D eigenvalue weighted by atomic mass is 35.5. The molecule has 0 aliphatic carbocycles.